The highest BCUT2D eigenvalue weighted by molar-refractivity contribution is 6.39. The quantitative estimate of drug-likeness (QED) is 0.542. The maximum atomic E-state index is 12.3. The van der Waals surface area contributed by atoms with Crippen LogP contribution in [0.1, 0.15) is 10.4 Å². The molecule has 0 aliphatic heterocycles. The van der Waals surface area contributed by atoms with Gasteiger partial charge in [0.25, 0.3) is 5.91 Å². The molecule has 5 nitrogen and oxygen atoms in total. The zero-order valence-corrected chi connectivity index (χ0v) is 13.1. The molecule has 0 saturated heterocycles. The molecule has 1 aromatic heterocycles. The second-order valence-corrected chi connectivity index (χ2v) is 5.61. The van der Waals surface area contributed by atoms with Crippen molar-refractivity contribution in [1.82, 2.24) is 0 Å². The first kappa shape index (κ1) is 15.4. The first-order chi connectivity index (χ1) is 11.0. The number of nitrogen functional groups attached to an aromatic ring is 1. The topological polar surface area (TPSA) is 85.3 Å². The summed E-state index contributed by atoms with van der Waals surface area (Å²) in [5.74, 6) is -0.624. The number of hydrogen-bond acceptors (Lipinski definition) is 4. The zero-order valence-electron chi connectivity index (χ0n) is 11.6. The van der Waals surface area contributed by atoms with Crippen molar-refractivity contribution in [3.8, 4) is 0 Å². The van der Waals surface area contributed by atoms with Crippen LogP contribution in [0.25, 0.3) is 11.0 Å². The van der Waals surface area contributed by atoms with Crippen LogP contribution in [0.2, 0.25) is 10.0 Å². The van der Waals surface area contributed by atoms with Gasteiger partial charge in [-0.3, -0.25) is 4.79 Å². The summed E-state index contributed by atoms with van der Waals surface area (Å²) in [5.41, 5.74) is 5.75. The summed E-state index contributed by atoms with van der Waals surface area (Å²) in [6, 6.07) is 11.3. The van der Waals surface area contributed by atoms with Crippen molar-refractivity contribution < 1.29 is 9.21 Å². The number of nitrogens with two attached hydrogens (primary N) is 1. The van der Waals surface area contributed by atoms with E-state index in [1.54, 1.807) is 24.3 Å². The molecule has 0 saturated carbocycles. The van der Waals surface area contributed by atoms with Crippen LogP contribution >= 0.6 is 23.2 Å². The van der Waals surface area contributed by atoms with Crippen molar-refractivity contribution >= 4 is 51.5 Å². The van der Waals surface area contributed by atoms with Crippen LogP contribution in [0.4, 0.5) is 11.4 Å². The van der Waals surface area contributed by atoms with Gasteiger partial charge in [-0.1, -0.05) is 41.4 Å². The maximum Gasteiger partial charge on any atom is 0.349 e. The van der Waals surface area contributed by atoms with Crippen LogP contribution in [-0.4, -0.2) is 5.91 Å². The Bertz CT molecular complexity index is 959. The van der Waals surface area contributed by atoms with Crippen molar-refractivity contribution in [2.75, 3.05) is 11.1 Å². The normalized spacial score (nSPS) is 10.7. The minimum atomic E-state index is -0.728. The van der Waals surface area contributed by atoms with Crippen molar-refractivity contribution in [1.29, 1.82) is 0 Å². The molecule has 116 valence electrons. The van der Waals surface area contributed by atoms with Crippen LogP contribution in [0.15, 0.2) is 51.7 Å². The average Bonchev–Trinajstić information content (AvgIpc) is 2.51. The Kier molecular flexibility index (Phi) is 3.98. The minimum absolute atomic E-state index is 0.118. The first-order valence-corrected chi connectivity index (χ1v) is 7.30. The van der Waals surface area contributed by atoms with Crippen molar-refractivity contribution in [3.63, 3.8) is 0 Å². The van der Waals surface area contributed by atoms with Crippen molar-refractivity contribution in [2.45, 2.75) is 0 Å². The maximum absolute atomic E-state index is 12.3. The van der Waals surface area contributed by atoms with E-state index in [2.05, 4.69) is 5.32 Å². The lowest BCUT2D eigenvalue weighted by Gasteiger charge is -2.08. The number of benzene rings is 2. The third-order valence-electron chi connectivity index (χ3n) is 3.22. The van der Waals surface area contributed by atoms with E-state index in [9.17, 15) is 9.59 Å². The molecular weight excluding hydrogens is 339 g/mol. The Morgan fingerprint density at radius 1 is 1.09 bits per heavy atom. The van der Waals surface area contributed by atoms with E-state index in [0.717, 1.165) is 0 Å². The van der Waals surface area contributed by atoms with E-state index in [1.165, 1.54) is 18.2 Å². The molecule has 0 atom stereocenters. The third kappa shape index (κ3) is 3.02. The summed E-state index contributed by atoms with van der Waals surface area (Å²) in [6.07, 6.45) is 0. The lowest BCUT2D eigenvalue weighted by molar-refractivity contribution is 0.102. The van der Waals surface area contributed by atoms with Crippen LogP contribution < -0.4 is 16.7 Å². The van der Waals surface area contributed by atoms with E-state index in [1.807, 2.05) is 0 Å². The molecule has 0 bridgehead atoms. The number of halogens is 2. The van der Waals surface area contributed by atoms with Gasteiger partial charge in [0.1, 0.15) is 11.1 Å². The molecule has 0 fully saturated rings. The summed E-state index contributed by atoms with van der Waals surface area (Å²) in [4.78, 5) is 24.3. The number of amides is 1. The Morgan fingerprint density at radius 3 is 2.43 bits per heavy atom. The summed E-state index contributed by atoms with van der Waals surface area (Å²) >= 11 is 11.8. The van der Waals surface area contributed by atoms with Gasteiger partial charge in [0.15, 0.2) is 0 Å². The number of hydrogen-bond donors (Lipinski definition) is 2. The van der Waals surface area contributed by atoms with Gasteiger partial charge >= 0.3 is 5.63 Å². The third-order valence-corrected chi connectivity index (χ3v) is 3.85. The predicted octanol–water partition coefficient (Wildman–Crippen LogP) is 3.93. The Balaban J connectivity index is 1.98. The number of carbonyl (C=O) groups is 1. The smallest absolute Gasteiger partial charge is 0.349 e. The first-order valence-electron chi connectivity index (χ1n) is 6.54. The monoisotopic (exact) mass is 348 g/mol. The Hall–Kier alpha value is -2.50. The number of carbonyl (C=O) groups excluding carboxylic acids is 1. The fraction of sp³-hybridized carbons (Fsp3) is 0. The Morgan fingerprint density at radius 2 is 1.74 bits per heavy atom. The molecule has 3 N–H and O–H groups in total. The molecule has 0 unspecified atom stereocenters. The van der Waals surface area contributed by atoms with Gasteiger partial charge in [0.2, 0.25) is 0 Å². The summed E-state index contributed by atoms with van der Waals surface area (Å²) < 4.78 is 5.13. The van der Waals surface area contributed by atoms with Crippen molar-refractivity contribution in [2.24, 2.45) is 0 Å². The SMILES string of the molecule is Nc1c(Cl)cc(NC(=O)c2cc3ccccc3oc2=O)cc1Cl. The fourth-order valence-electron chi connectivity index (χ4n) is 2.08. The predicted molar refractivity (Wildman–Crippen MR) is 91.3 cm³/mol. The zero-order chi connectivity index (χ0) is 16.6. The molecule has 3 aromatic rings. The molecule has 0 spiro atoms. The van der Waals surface area contributed by atoms with Gasteiger partial charge in [0.05, 0.1) is 15.7 Å². The van der Waals surface area contributed by atoms with E-state index in [-0.39, 0.29) is 21.3 Å². The van der Waals surface area contributed by atoms with Gasteiger partial charge in [-0.25, -0.2) is 4.79 Å². The molecular formula is C16H10Cl2N2O3. The van der Waals surface area contributed by atoms with E-state index in [0.29, 0.717) is 16.7 Å². The molecule has 3 rings (SSSR count). The van der Waals surface area contributed by atoms with Crippen LogP contribution in [0.5, 0.6) is 0 Å². The van der Waals surface area contributed by atoms with Crippen LogP contribution in [0.3, 0.4) is 0 Å². The number of anilines is 2. The molecule has 23 heavy (non-hydrogen) atoms. The van der Waals surface area contributed by atoms with Crippen LogP contribution in [0, 0.1) is 0 Å². The van der Waals surface area contributed by atoms with Gasteiger partial charge in [-0.15, -0.1) is 0 Å². The summed E-state index contributed by atoms with van der Waals surface area (Å²) in [6.45, 7) is 0. The van der Waals surface area contributed by atoms with E-state index >= 15 is 0 Å². The second kappa shape index (κ2) is 5.95. The van der Waals surface area contributed by atoms with Crippen molar-refractivity contribution in [3.05, 3.63) is 68.5 Å². The molecule has 2 aromatic carbocycles. The highest BCUT2D eigenvalue weighted by Crippen LogP contribution is 2.31. The molecule has 0 aliphatic rings. The van der Waals surface area contributed by atoms with E-state index < -0.39 is 11.5 Å². The summed E-state index contributed by atoms with van der Waals surface area (Å²) in [5, 5.41) is 3.61. The van der Waals surface area contributed by atoms with Gasteiger partial charge in [-0.05, 0) is 24.3 Å². The molecule has 1 heterocycles. The largest absolute Gasteiger partial charge is 0.422 e. The van der Waals surface area contributed by atoms with E-state index in [4.69, 9.17) is 33.4 Å². The number of nitrogens with one attached hydrogen (secondary N) is 1. The number of fused-ring (bicyclic) bond motifs is 1. The molecule has 0 aliphatic carbocycles. The minimum Gasteiger partial charge on any atom is -0.422 e. The summed E-state index contributed by atoms with van der Waals surface area (Å²) in [7, 11) is 0. The Labute approximate surface area is 140 Å². The highest BCUT2D eigenvalue weighted by Gasteiger charge is 2.15. The average molecular weight is 349 g/mol. The standard InChI is InChI=1S/C16H10Cl2N2O3/c17-11-6-9(7-12(18)14(11)19)20-15(21)10-5-8-3-1-2-4-13(8)23-16(10)22/h1-7H,19H2,(H,20,21). The molecule has 1 amide bonds. The lowest BCUT2D eigenvalue weighted by atomic mass is 10.1. The number of para-hydroxylation sites is 1. The van der Waals surface area contributed by atoms with Gasteiger partial charge < -0.3 is 15.5 Å². The fourth-order valence-corrected chi connectivity index (χ4v) is 2.56. The number of rotatable bonds is 2. The molecule has 0 radical (unpaired) electrons. The lowest BCUT2D eigenvalue weighted by Crippen LogP contribution is -2.20. The second-order valence-electron chi connectivity index (χ2n) is 4.79. The van der Waals surface area contributed by atoms with Crippen LogP contribution in [-0.2, 0) is 0 Å². The molecule has 7 heteroatoms. The highest BCUT2D eigenvalue weighted by atomic mass is 35.5. The van der Waals surface area contributed by atoms with Gasteiger partial charge in [0, 0.05) is 11.1 Å². The van der Waals surface area contributed by atoms with Gasteiger partial charge in [-0.2, -0.15) is 0 Å².